The van der Waals surface area contributed by atoms with Crippen LogP contribution in [0.1, 0.15) is 31.4 Å². The van der Waals surface area contributed by atoms with Gasteiger partial charge in [-0.05, 0) is 30.4 Å². The zero-order valence-electron chi connectivity index (χ0n) is 12.6. The van der Waals surface area contributed by atoms with Gasteiger partial charge in [0.15, 0.2) is 0 Å². The molecule has 0 radical (unpaired) electrons. The molecule has 0 aliphatic carbocycles. The summed E-state index contributed by atoms with van der Waals surface area (Å²) in [5.74, 6) is 0.559. The number of hydrogen-bond acceptors (Lipinski definition) is 2. The van der Waals surface area contributed by atoms with Crippen molar-refractivity contribution in [2.45, 2.75) is 25.7 Å². The third kappa shape index (κ3) is 2.60. The van der Waals surface area contributed by atoms with Gasteiger partial charge in [0.1, 0.15) is 0 Å². The van der Waals surface area contributed by atoms with Crippen LogP contribution in [0.4, 0.5) is 0 Å². The van der Waals surface area contributed by atoms with E-state index >= 15 is 0 Å². The summed E-state index contributed by atoms with van der Waals surface area (Å²) in [5, 5.41) is 1.23. The molecule has 1 aromatic heterocycles. The summed E-state index contributed by atoms with van der Waals surface area (Å²) in [4.78, 5) is 0. The lowest BCUT2D eigenvalue weighted by Crippen LogP contribution is -2.30. The maximum Gasteiger partial charge on any atom is 0.214 e. The van der Waals surface area contributed by atoms with Crippen molar-refractivity contribution < 1.29 is 8.42 Å². The van der Waals surface area contributed by atoms with E-state index in [0.29, 0.717) is 25.4 Å². The molecule has 0 saturated carbocycles. The standard InChI is InChI=1S/C16H22N2O2S/c1-3-10-21(19,20)18-9-8-14(12-18)16-11-13-6-4-5-7-15(13)17(16)2/h4-7,11,14H,3,8-10,12H2,1-2H3. The Labute approximate surface area is 126 Å². The summed E-state index contributed by atoms with van der Waals surface area (Å²) in [6.45, 7) is 3.18. The average molecular weight is 306 g/mol. The summed E-state index contributed by atoms with van der Waals surface area (Å²) in [7, 11) is -1.000. The van der Waals surface area contributed by atoms with Gasteiger partial charge in [0.2, 0.25) is 10.0 Å². The molecule has 2 aromatic rings. The number of fused-ring (bicyclic) bond motifs is 1. The topological polar surface area (TPSA) is 42.3 Å². The number of aryl methyl sites for hydroxylation is 1. The van der Waals surface area contributed by atoms with Gasteiger partial charge in [-0.15, -0.1) is 0 Å². The lowest BCUT2D eigenvalue weighted by Gasteiger charge is -2.16. The highest BCUT2D eigenvalue weighted by atomic mass is 32.2. The first-order chi connectivity index (χ1) is 10.0. The highest BCUT2D eigenvalue weighted by Crippen LogP contribution is 2.32. The second-order valence-electron chi connectivity index (χ2n) is 5.85. The Kier molecular flexibility index (Phi) is 3.80. The van der Waals surface area contributed by atoms with Gasteiger partial charge < -0.3 is 4.57 Å². The highest BCUT2D eigenvalue weighted by molar-refractivity contribution is 7.89. The van der Waals surface area contributed by atoms with Crippen LogP contribution in [-0.2, 0) is 17.1 Å². The molecular weight excluding hydrogens is 284 g/mol. The second kappa shape index (κ2) is 5.46. The molecule has 1 unspecified atom stereocenters. The summed E-state index contributed by atoms with van der Waals surface area (Å²) >= 11 is 0. The quantitative estimate of drug-likeness (QED) is 0.871. The predicted octanol–water partition coefficient (Wildman–Crippen LogP) is 2.71. The van der Waals surface area contributed by atoms with Crippen LogP contribution in [-0.4, -0.2) is 36.1 Å². The van der Waals surface area contributed by atoms with Crippen molar-refractivity contribution in [1.29, 1.82) is 0 Å². The van der Waals surface area contributed by atoms with E-state index in [9.17, 15) is 8.42 Å². The maximum atomic E-state index is 12.2. The van der Waals surface area contributed by atoms with Crippen molar-refractivity contribution in [3.63, 3.8) is 0 Å². The van der Waals surface area contributed by atoms with Gasteiger partial charge in [0.05, 0.1) is 5.75 Å². The third-order valence-corrected chi connectivity index (χ3v) is 6.46. The number of hydrogen-bond donors (Lipinski definition) is 0. The fraction of sp³-hybridized carbons (Fsp3) is 0.500. The van der Waals surface area contributed by atoms with Crippen LogP contribution < -0.4 is 0 Å². The molecule has 1 aliphatic rings. The van der Waals surface area contributed by atoms with Gasteiger partial charge in [0, 0.05) is 37.3 Å². The Morgan fingerprint density at radius 1 is 1.29 bits per heavy atom. The van der Waals surface area contributed by atoms with Crippen LogP contribution >= 0.6 is 0 Å². The Morgan fingerprint density at radius 2 is 2.05 bits per heavy atom. The summed E-state index contributed by atoms with van der Waals surface area (Å²) in [6, 6.07) is 10.5. The van der Waals surface area contributed by atoms with Crippen molar-refractivity contribution in [2.75, 3.05) is 18.8 Å². The Balaban J connectivity index is 1.87. The van der Waals surface area contributed by atoms with E-state index in [1.54, 1.807) is 4.31 Å². The van der Waals surface area contributed by atoms with Gasteiger partial charge in [-0.25, -0.2) is 12.7 Å². The van der Waals surface area contributed by atoms with E-state index in [1.165, 1.54) is 16.6 Å². The molecule has 1 fully saturated rings. The zero-order chi connectivity index (χ0) is 15.0. The second-order valence-corrected chi connectivity index (χ2v) is 7.94. The summed E-state index contributed by atoms with van der Waals surface area (Å²) in [6.07, 6.45) is 1.59. The molecule has 3 rings (SSSR count). The first-order valence-corrected chi connectivity index (χ1v) is 9.16. The monoisotopic (exact) mass is 306 g/mol. The Hall–Kier alpha value is -1.33. The number of aromatic nitrogens is 1. The van der Waals surface area contributed by atoms with Crippen molar-refractivity contribution in [3.05, 3.63) is 36.0 Å². The van der Waals surface area contributed by atoms with Crippen LogP contribution in [0, 0.1) is 0 Å². The largest absolute Gasteiger partial charge is 0.347 e. The fourth-order valence-corrected chi connectivity index (χ4v) is 4.88. The van der Waals surface area contributed by atoms with Crippen LogP contribution in [0.2, 0.25) is 0 Å². The van der Waals surface area contributed by atoms with E-state index in [2.05, 4.69) is 29.8 Å². The lowest BCUT2D eigenvalue weighted by molar-refractivity contribution is 0.470. The van der Waals surface area contributed by atoms with E-state index in [4.69, 9.17) is 0 Å². The van der Waals surface area contributed by atoms with Crippen LogP contribution in [0.15, 0.2) is 30.3 Å². The van der Waals surface area contributed by atoms with Crippen LogP contribution in [0.25, 0.3) is 10.9 Å². The van der Waals surface area contributed by atoms with E-state index < -0.39 is 10.0 Å². The number of benzene rings is 1. The van der Waals surface area contributed by atoms with Gasteiger partial charge in [-0.1, -0.05) is 25.1 Å². The van der Waals surface area contributed by atoms with Crippen LogP contribution in [0.5, 0.6) is 0 Å². The third-order valence-electron chi connectivity index (χ3n) is 4.41. The van der Waals surface area contributed by atoms with Gasteiger partial charge in [-0.2, -0.15) is 0 Å². The predicted molar refractivity (Wildman–Crippen MR) is 85.9 cm³/mol. The van der Waals surface area contributed by atoms with Gasteiger partial charge in [0.25, 0.3) is 0 Å². The molecule has 2 heterocycles. The molecule has 0 bridgehead atoms. The molecule has 1 saturated heterocycles. The van der Waals surface area contributed by atoms with E-state index in [-0.39, 0.29) is 5.75 Å². The van der Waals surface area contributed by atoms with Crippen molar-refractivity contribution in [2.24, 2.45) is 7.05 Å². The maximum absolute atomic E-state index is 12.2. The number of para-hydroxylation sites is 1. The SMILES string of the molecule is CCCS(=O)(=O)N1CCC(c2cc3ccccc3n2C)C1. The molecular formula is C16H22N2O2S. The van der Waals surface area contributed by atoms with Gasteiger partial charge in [-0.3, -0.25) is 0 Å². The minimum Gasteiger partial charge on any atom is -0.347 e. The minimum absolute atomic E-state index is 0.259. The first kappa shape index (κ1) is 14.6. The highest BCUT2D eigenvalue weighted by Gasteiger charge is 2.32. The minimum atomic E-state index is -3.07. The molecule has 1 aromatic carbocycles. The molecule has 114 valence electrons. The number of sulfonamides is 1. The summed E-state index contributed by atoms with van der Waals surface area (Å²) < 4.78 is 28.2. The fourth-order valence-electron chi connectivity index (χ4n) is 3.31. The molecule has 1 atom stereocenters. The lowest BCUT2D eigenvalue weighted by atomic mass is 10.1. The number of nitrogens with zero attached hydrogens (tertiary/aromatic N) is 2. The summed E-state index contributed by atoms with van der Waals surface area (Å²) in [5.41, 5.74) is 2.45. The van der Waals surface area contributed by atoms with E-state index in [0.717, 1.165) is 6.42 Å². The molecule has 0 N–H and O–H groups in total. The molecule has 0 spiro atoms. The Bertz CT molecular complexity index is 749. The first-order valence-electron chi connectivity index (χ1n) is 7.55. The van der Waals surface area contributed by atoms with E-state index in [1.807, 2.05) is 19.1 Å². The van der Waals surface area contributed by atoms with Crippen molar-refractivity contribution in [1.82, 2.24) is 8.87 Å². The number of rotatable bonds is 4. The van der Waals surface area contributed by atoms with Gasteiger partial charge >= 0.3 is 0 Å². The molecule has 5 heteroatoms. The Morgan fingerprint density at radius 3 is 2.76 bits per heavy atom. The van der Waals surface area contributed by atoms with Crippen molar-refractivity contribution in [3.8, 4) is 0 Å². The molecule has 21 heavy (non-hydrogen) atoms. The zero-order valence-corrected chi connectivity index (χ0v) is 13.4. The average Bonchev–Trinajstić information content (AvgIpc) is 3.05. The van der Waals surface area contributed by atoms with Crippen LogP contribution in [0.3, 0.4) is 0 Å². The van der Waals surface area contributed by atoms with Crippen molar-refractivity contribution >= 4 is 20.9 Å². The normalized spacial score (nSPS) is 20.4. The molecule has 4 nitrogen and oxygen atoms in total. The molecule has 0 amide bonds. The molecule has 1 aliphatic heterocycles. The smallest absolute Gasteiger partial charge is 0.214 e.